The van der Waals surface area contributed by atoms with Crippen LogP contribution in [0.2, 0.25) is 0 Å². The van der Waals surface area contributed by atoms with Crippen LogP contribution in [0.5, 0.6) is 23.0 Å². The van der Waals surface area contributed by atoms with E-state index in [1.807, 2.05) is 0 Å². The lowest BCUT2D eigenvalue weighted by Gasteiger charge is -2.26. The van der Waals surface area contributed by atoms with Crippen LogP contribution in [-0.2, 0) is 19.2 Å². The summed E-state index contributed by atoms with van der Waals surface area (Å²) < 4.78 is 21.6. The van der Waals surface area contributed by atoms with Crippen LogP contribution in [0.3, 0.4) is 0 Å². The maximum atomic E-state index is 13.2. The van der Waals surface area contributed by atoms with E-state index in [1.54, 1.807) is 85.9 Å². The Labute approximate surface area is 300 Å². The largest absolute Gasteiger partial charge is 0.427 e. The van der Waals surface area contributed by atoms with Gasteiger partial charge in [0.15, 0.2) is 5.78 Å². The Hall–Kier alpha value is -6.36. The first-order valence-corrected chi connectivity index (χ1v) is 16.7. The molecule has 1 saturated carbocycles. The first-order chi connectivity index (χ1) is 25.0. The Morgan fingerprint density at radius 1 is 0.596 bits per heavy atom. The van der Waals surface area contributed by atoms with E-state index in [0.29, 0.717) is 59.6 Å². The van der Waals surface area contributed by atoms with Crippen molar-refractivity contribution < 1.29 is 47.7 Å². The van der Waals surface area contributed by atoms with Gasteiger partial charge < -0.3 is 23.8 Å². The van der Waals surface area contributed by atoms with Crippen LogP contribution in [0.15, 0.2) is 103 Å². The summed E-state index contributed by atoms with van der Waals surface area (Å²) >= 11 is 0. The van der Waals surface area contributed by atoms with Crippen molar-refractivity contribution in [3.63, 3.8) is 0 Å². The average Bonchev–Trinajstić information content (AvgIpc) is 3.14. The summed E-state index contributed by atoms with van der Waals surface area (Å²) in [5.41, 5.74) is 1.85. The molecule has 0 aromatic heterocycles. The van der Waals surface area contributed by atoms with Crippen molar-refractivity contribution in [2.45, 2.75) is 39.5 Å². The molecular weight excluding hydrogens is 666 g/mol. The number of anilines is 1. The van der Waals surface area contributed by atoms with E-state index < -0.39 is 35.7 Å². The molecular formula is C41H37NO10. The normalized spacial score (nSPS) is 15.3. The van der Waals surface area contributed by atoms with Crippen molar-refractivity contribution in [1.29, 1.82) is 0 Å². The molecule has 266 valence electrons. The van der Waals surface area contributed by atoms with E-state index in [1.165, 1.54) is 49.1 Å². The quantitative estimate of drug-likeness (QED) is 0.0692. The fourth-order valence-corrected chi connectivity index (χ4v) is 5.68. The summed E-state index contributed by atoms with van der Waals surface area (Å²) in [6.45, 7) is 2.58. The first kappa shape index (κ1) is 36.9. The molecule has 1 amide bonds. The number of carbonyl (C=O) groups is 6. The molecule has 0 heterocycles. The molecule has 52 heavy (non-hydrogen) atoms. The standard InChI is InChI=1S/C41H37NO10/c1-26(43)49-34-20-16-33(17-21-34)42(3)39(46)29-13-18-35(19-14-29)51-40(47)30-9-11-31(12-10-30)41(48)52-38-24-22-36(50-27(2)44)25-32(38)15-23-37(45)28-7-5-4-6-8-28/h4-8,13-25,30-31H,9-12H2,1-3H3/b23-15+. The molecule has 4 aromatic rings. The minimum absolute atomic E-state index is 0.199. The Morgan fingerprint density at radius 3 is 1.71 bits per heavy atom. The van der Waals surface area contributed by atoms with E-state index >= 15 is 0 Å². The third-order valence-corrected chi connectivity index (χ3v) is 8.43. The van der Waals surface area contributed by atoms with E-state index in [2.05, 4.69) is 0 Å². The Kier molecular flexibility index (Phi) is 12.1. The van der Waals surface area contributed by atoms with Gasteiger partial charge in [-0.2, -0.15) is 0 Å². The van der Waals surface area contributed by atoms with Crippen molar-refractivity contribution in [2.24, 2.45) is 11.8 Å². The van der Waals surface area contributed by atoms with Gasteiger partial charge in [-0.05, 0) is 105 Å². The van der Waals surface area contributed by atoms with Crippen LogP contribution in [0.25, 0.3) is 6.08 Å². The number of benzene rings is 4. The van der Waals surface area contributed by atoms with Crippen molar-refractivity contribution >= 4 is 47.3 Å². The lowest BCUT2D eigenvalue weighted by molar-refractivity contribution is -0.145. The molecule has 0 atom stereocenters. The van der Waals surface area contributed by atoms with Crippen LogP contribution in [0.4, 0.5) is 5.69 Å². The molecule has 0 bridgehead atoms. The summed E-state index contributed by atoms with van der Waals surface area (Å²) in [5, 5.41) is 0. The number of amides is 1. The van der Waals surface area contributed by atoms with Crippen LogP contribution in [0, 0.1) is 11.8 Å². The second kappa shape index (κ2) is 17.0. The molecule has 11 nitrogen and oxygen atoms in total. The highest BCUT2D eigenvalue weighted by atomic mass is 16.5. The van der Waals surface area contributed by atoms with Crippen molar-refractivity contribution in [3.05, 3.63) is 120 Å². The van der Waals surface area contributed by atoms with Crippen LogP contribution < -0.4 is 23.8 Å². The maximum absolute atomic E-state index is 13.2. The second-order valence-corrected chi connectivity index (χ2v) is 12.2. The predicted molar refractivity (Wildman–Crippen MR) is 191 cm³/mol. The maximum Gasteiger partial charge on any atom is 0.314 e. The number of nitrogens with zero attached hydrogens (tertiary/aromatic N) is 1. The minimum atomic E-state index is -0.520. The summed E-state index contributed by atoms with van der Waals surface area (Å²) in [5.74, 6) is -2.17. The third kappa shape index (κ3) is 9.87. The second-order valence-electron chi connectivity index (χ2n) is 12.2. The molecule has 0 radical (unpaired) electrons. The predicted octanol–water partition coefficient (Wildman–Crippen LogP) is 7.03. The molecule has 0 spiro atoms. The lowest BCUT2D eigenvalue weighted by atomic mass is 9.82. The van der Waals surface area contributed by atoms with E-state index in [9.17, 15) is 28.8 Å². The van der Waals surface area contributed by atoms with Gasteiger partial charge in [-0.3, -0.25) is 28.8 Å². The van der Waals surface area contributed by atoms with Crippen LogP contribution >= 0.6 is 0 Å². The highest BCUT2D eigenvalue weighted by molar-refractivity contribution is 6.07. The number of hydrogen-bond donors (Lipinski definition) is 0. The van der Waals surface area contributed by atoms with Gasteiger partial charge in [0.2, 0.25) is 0 Å². The molecule has 1 aliphatic carbocycles. The number of ketones is 1. The number of hydrogen-bond acceptors (Lipinski definition) is 10. The molecule has 0 saturated heterocycles. The number of allylic oxidation sites excluding steroid dienone is 1. The van der Waals surface area contributed by atoms with Gasteiger partial charge in [-0.1, -0.05) is 30.3 Å². The van der Waals surface area contributed by atoms with Gasteiger partial charge in [0.05, 0.1) is 11.8 Å². The molecule has 11 heteroatoms. The lowest BCUT2D eigenvalue weighted by Crippen LogP contribution is -2.30. The van der Waals surface area contributed by atoms with E-state index in [4.69, 9.17) is 18.9 Å². The van der Waals surface area contributed by atoms with Crippen LogP contribution in [0.1, 0.15) is 65.8 Å². The SMILES string of the molecule is CC(=O)Oc1ccc(N(C)C(=O)c2ccc(OC(=O)C3CCC(C(=O)Oc4ccc(OC(C)=O)cc4/C=C/C(=O)c4ccccc4)CC3)cc2)cc1. The van der Waals surface area contributed by atoms with Gasteiger partial charge in [0.25, 0.3) is 5.91 Å². The van der Waals surface area contributed by atoms with Gasteiger partial charge in [0, 0.05) is 43.3 Å². The van der Waals surface area contributed by atoms with Crippen LogP contribution in [-0.4, -0.2) is 42.6 Å². The number of esters is 4. The molecule has 0 aliphatic heterocycles. The zero-order chi connectivity index (χ0) is 37.2. The van der Waals surface area contributed by atoms with E-state index in [0.717, 1.165) is 0 Å². The molecule has 1 fully saturated rings. The monoisotopic (exact) mass is 703 g/mol. The van der Waals surface area contributed by atoms with Crippen molar-refractivity contribution in [1.82, 2.24) is 0 Å². The van der Waals surface area contributed by atoms with Gasteiger partial charge in [-0.25, -0.2) is 0 Å². The molecule has 5 rings (SSSR count). The Balaban J connectivity index is 1.14. The zero-order valence-electron chi connectivity index (χ0n) is 28.9. The number of carbonyl (C=O) groups excluding carboxylic acids is 6. The highest BCUT2D eigenvalue weighted by Gasteiger charge is 2.32. The Bertz CT molecular complexity index is 1980. The molecule has 1 aliphatic rings. The fraction of sp³-hybridized carbons (Fsp3) is 0.220. The van der Waals surface area contributed by atoms with Crippen molar-refractivity contribution in [3.8, 4) is 23.0 Å². The zero-order valence-corrected chi connectivity index (χ0v) is 28.9. The number of ether oxygens (including phenoxy) is 4. The smallest absolute Gasteiger partial charge is 0.314 e. The summed E-state index contributed by atoms with van der Waals surface area (Å²) in [7, 11) is 1.62. The molecule has 0 unspecified atom stereocenters. The summed E-state index contributed by atoms with van der Waals surface area (Å²) in [6, 6.07) is 26.0. The Morgan fingerprint density at radius 2 is 1.12 bits per heavy atom. The van der Waals surface area contributed by atoms with Crippen molar-refractivity contribution in [2.75, 3.05) is 11.9 Å². The molecule has 0 N–H and O–H groups in total. The van der Waals surface area contributed by atoms with Gasteiger partial charge in [-0.15, -0.1) is 0 Å². The molecule has 4 aromatic carbocycles. The fourth-order valence-electron chi connectivity index (χ4n) is 5.68. The number of rotatable bonds is 11. The van der Waals surface area contributed by atoms with E-state index in [-0.39, 0.29) is 23.2 Å². The topological polar surface area (TPSA) is 143 Å². The average molecular weight is 704 g/mol. The summed E-state index contributed by atoms with van der Waals surface area (Å²) in [6.07, 6.45) is 4.51. The summed E-state index contributed by atoms with van der Waals surface area (Å²) in [4.78, 5) is 76.1. The first-order valence-electron chi connectivity index (χ1n) is 16.7. The third-order valence-electron chi connectivity index (χ3n) is 8.43. The highest BCUT2D eigenvalue weighted by Crippen LogP contribution is 2.33. The minimum Gasteiger partial charge on any atom is -0.427 e. The van der Waals surface area contributed by atoms with Gasteiger partial charge >= 0.3 is 23.9 Å². The van der Waals surface area contributed by atoms with Gasteiger partial charge in [0.1, 0.15) is 23.0 Å².